The van der Waals surface area contributed by atoms with E-state index in [0.717, 1.165) is 16.9 Å². The molecule has 0 amide bonds. The first kappa shape index (κ1) is 7.03. The maximum Gasteiger partial charge on any atom is 0.152 e. The SMILES string of the molecule is COc1ccc2c(c1)C(=N)N=C2. The van der Waals surface area contributed by atoms with Crippen LogP contribution < -0.4 is 4.74 Å². The first-order valence-corrected chi connectivity index (χ1v) is 3.62. The second-order valence-electron chi connectivity index (χ2n) is 2.56. The molecule has 1 aliphatic heterocycles. The van der Waals surface area contributed by atoms with Gasteiger partial charge in [0, 0.05) is 17.3 Å². The second-order valence-corrected chi connectivity index (χ2v) is 2.56. The van der Waals surface area contributed by atoms with Gasteiger partial charge in [-0.3, -0.25) is 5.41 Å². The van der Waals surface area contributed by atoms with Crippen LogP contribution in [0.15, 0.2) is 23.2 Å². The van der Waals surface area contributed by atoms with Gasteiger partial charge in [-0.2, -0.15) is 0 Å². The summed E-state index contributed by atoms with van der Waals surface area (Å²) in [4.78, 5) is 3.88. The fourth-order valence-electron chi connectivity index (χ4n) is 1.18. The van der Waals surface area contributed by atoms with Crippen LogP contribution in [0, 0.1) is 5.41 Å². The molecule has 0 aromatic heterocycles. The fraction of sp³-hybridized carbons (Fsp3) is 0.111. The molecule has 1 aromatic carbocycles. The van der Waals surface area contributed by atoms with Gasteiger partial charge >= 0.3 is 0 Å². The molecule has 12 heavy (non-hydrogen) atoms. The summed E-state index contributed by atoms with van der Waals surface area (Å²) >= 11 is 0. The Balaban J connectivity index is 2.55. The first-order valence-electron chi connectivity index (χ1n) is 3.62. The summed E-state index contributed by atoms with van der Waals surface area (Å²) in [5.74, 6) is 1.08. The van der Waals surface area contributed by atoms with Gasteiger partial charge in [-0.1, -0.05) is 0 Å². The Morgan fingerprint density at radius 1 is 1.42 bits per heavy atom. The van der Waals surface area contributed by atoms with Crippen molar-refractivity contribution < 1.29 is 4.74 Å². The number of methoxy groups -OCH3 is 1. The van der Waals surface area contributed by atoms with Crippen LogP contribution in [0.25, 0.3) is 0 Å². The van der Waals surface area contributed by atoms with Crippen molar-refractivity contribution in [1.29, 1.82) is 5.41 Å². The molecular formula is C9H8N2O. The number of nitrogens with one attached hydrogen (secondary N) is 1. The maximum atomic E-state index is 7.45. The van der Waals surface area contributed by atoms with E-state index in [4.69, 9.17) is 10.1 Å². The van der Waals surface area contributed by atoms with Crippen LogP contribution in [-0.4, -0.2) is 19.2 Å². The lowest BCUT2D eigenvalue weighted by atomic mass is 10.1. The molecule has 0 radical (unpaired) electrons. The van der Waals surface area contributed by atoms with Crippen LogP contribution in [-0.2, 0) is 0 Å². The summed E-state index contributed by atoms with van der Waals surface area (Å²) in [7, 11) is 1.61. The number of hydrogen-bond acceptors (Lipinski definition) is 2. The molecule has 0 bridgehead atoms. The van der Waals surface area contributed by atoms with Crippen LogP contribution in [0.2, 0.25) is 0 Å². The number of benzene rings is 1. The Labute approximate surface area is 70.2 Å². The highest BCUT2D eigenvalue weighted by molar-refractivity contribution is 6.14. The zero-order valence-electron chi connectivity index (χ0n) is 6.66. The van der Waals surface area contributed by atoms with Crippen LogP contribution in [0.5, 0.6) is 5.75 Å². The topological polar surface area (TPSA) is 45.4 Å². The Morgan fingerprint density at radius 3 is 3.00 bits per heavy atom. The lowest BCUT2D eigenvalue weighted by molar-refractivity contribution is 0.414. The Bertz CT molecular complexity index is 369. The van der Waals surface area contributed by atoms with E-state index in [1.807, 2.05) is 18.2 Å². The van der Waals surface area contributed by atoms with Crippen molar-refractivity contribution in [3.05, 3.63) is 29.3 Å². The van der Waals surface area contributed by atoms with E-state index in [2.05, 4.69) is 4.99 Å². The quantitative estimate of drug-likeness (QED) is 0.664. The van der Waals surface area contributed by atoms with Crippen molar-refractivity contribution in [2.45, 2.75) is 0 Å². The predicted molar refractivity (Wildman–Crippen MR) is 47.4 cm³/mol. The molecule has 0 atom stereocenters. The molecule has 0 aliphatic carbocycles. The monoisotopic (exact) mass is 160 g/mol. The Hall–Kier alpha value is -1.64. The van der Waals surface area contributed by atoms with Crippen LogP contribution in [0.1, 0.15) is 11.1 Å². The van der Waals surface area contributed by atoms with Gasteiger partial charge in [-0.25, -0.2) is 4.99 Å². The molecule has 3 nitrogen and oxygen atoms in total. The van der Waals surface area contributed by atoms with Crippen LogP contribution in [0.4, 0.5) is 0 Å². The van der Waals surface area contributed by atoms with Gasteiger partial charge in [-0.05, 0) is 18.2 Å². The number of rotatable bonds is 1. The minimum atomic E-state index is 0.309. The maximum absolute atomic E-state index is 7.45. The molecule has 1 aromatic rings. The van der Waals surface area contributed by atoms with E-state index in [0.29, 0.717) is 5.84 Å². The molecule has 1 aliphatic rings. The van der Waals surface area contributed by atoms with Crippen molar-refractivity contribution in [3.8, 4) is 5.75 Å². The third-order valence-electron chi connectivity index (χ3n) is 1.85. The number of amidine groups is 1. The summed E-state index contributed by atoms with van der Waals surface area (Å²) in [6.07, 6.45) is 1.69. The van der Waals surface area contributed by atoms with Crippen molar-refractivity contribution in [2.24, 2.45) is 4.99 Å². The third-order valence-corrected chi connectivity index (χ3v) is 1.85. The molecule has 0 saturated carbocycles. The normalized spacial score (nSPS) is 13.2. The highest BCUT2D eigenvalue weighted by Gasteiger charge is 2.11. The minimum Gasteiger partial charge on any atom is -0.497 e. The number of nitrogens with zero attached hydrogens (tertiary/aromatic N) is 1. The molecular weight excluding hydrogens is 152 g/mol. The molecule has 60 valence electrons. The summed E-state index contributed by atoms with van der Waals surface area (Å²) in [6, 6.07) is 5.59. The molecule has 2 rings (SSSR count). The summed E-state index contributed by atoms with van der Waals surface area (Å²) in [5, 5.41) is 7.45. The lowest BCUT2D eigenvalue weighted by Gasteiger charge is -2.01. The summed E-state index contributed by atoms with van der Waals surface area (Å²) in [5.41, 5.74) is 1.83. The van der Waals surface area contributed by atoms with Crippen molar-refractivity contribution in [1.82, 2.24) is 0 Å². The van der Waals surface area contributed by atoms with Gasteiger partial charge < -0.3 is 4.74 Å². The highest BCUT2D eigenvalue weighted by atomic mass is 16.5. The van der Waals surface area contributed by atoms with Gasteiger partial charge in [0.15, 0.2) is 5.84 Å². The van der Waals surface area contributed by atoms with E-state index in [9.17, 15) is 0 Å². The molecule has 1 heterocycles. The molecule has 0 saturated heterocycles. The molecule has 0 unspecified atom stereocenters. The standard InChI is InChI=1S/C9H8N2O/c1-12-7-3-2-6-5-11-9(10)8(6)4-7/h2-5,10H,1H3. The van der Waals surface area contributed by atoms with Gasteiger partial charge in [0.2, 0.25) is 0 Å². The van der Waals surface area contributed by atoms with Gasteiger partial charge in [-0.15, -0.1) is 0 Å². The van der Waals surface area contributed by atoms with E-state index in [1.165, 1.54) is 0 Å². The Morgan fingerprint density at radius 2 is 2.25 bits per heavy atom. The smallest absolute Gasteiger partial charge is 0.152 e. The van der Waals surface area contributed by atoms with Crippen molar-refractivity contribution in [3.63, 3.8) is 0 Å². The van der Waals surface area contributed by atoms with Crippen LogP contribution in [0.3, 0.4) is 0 Å². The number of aliphatic imine (C=N–C) groups is 1. The summed E-state index contributed by atoms with van der Waals surface area (Å²) in [6.45, 7) is 0. The van der Waals surface area contributed by atoms with Gasteiger partial charge in [0.05, 0.1) is 7.11 Å². The van der Waals surface area contributed by atoms with E-state index in [-0.39, 0.29) is 0 Å². The summed E-state index contributed by atoms with van der Waals surface area (Å²) < 4.78 is 5.04. The minimum absolute atomic E-state index is 0.309. The molecule has 0 fully saturated rings. The predicted octanol–water partition coefficient (Wildman–Crippen LogP) is 1.45. The zero-order valence-corrected chi connectivity index (χ0v) is 6.66. The van der Waals surface area contributed by atoms with E-state index >= 15 is 0 Å². The lowest BCUT2D eigenvalue weighted by Crippen LogP contribution is -1.93. The van der Waals surface area contributed by atoms with Crippen molar-refractivity contribution in [2.75, 3.05) is 7.11 Å². The molecule has 0 spiro atoms. The number of hydrogen-bond donors (Lipinski definition) is 1. The number of fused-ring (bicyclic) bond motifs is 1. The fourth-order valence-corrected chi connectivity index (χ4v) is 1.18. The molecule has 3 heteroatoms. The average molecular weight is 160 g/mol. The largest absolute Gasteiger partial charge is 0.497 e. The molecule has 1 N–H and O–H groups in total. The highest BCUT2D eigenvalue weighted by Crippen LogP contribution is 2.20. The van der Waals surface area contributed by atoms with Gasteiger partial charge in [0.25, 0.3) is 0 Å². The van der Waals surface area contributed by atoms with Gasteiger partial charge in [0.1, 0.15) is 5.75 Å². The van der Waals surface area contributed by atoms with Crippen LogP contribution >= 0.6 is 0 Å². The van der Waals surface area contributed by atoms with E-state index in [1.54, 1.807) is 13.3 Å². The number of ether oxygens (including phenoxy) is 1. The average Bonchev–Trinajstić information content (AvgIpc) is 2.47. The van der Waals surface area contributed by atoms with Crippen molar-refractivity contribution >= 4 is 12.1 Å². The third kappa shape index (κ3) is 0.906. The van der Waals surface area contributed by atoms with E-state index < -0.39 is 0 Å². The Kier molecular flexibility index (Phi) is 1.43. The second kappa shape index (κ2) is 2.44. The first-order chi connectivity index (χ1) is 5.81. The zero-order chi connectivity index (χ0) is 8.55.